The fraction of sp³-hybridized carbons (Fsp3) is 0.158. The highest BCUT2D eigenvalue weighted by Gasteiger charge is 2.35. The van der Waals surface area contributed by atoms with Crippen LogP contribution >= 0.6 is 22.7 Å². The van der Waals surface area contributed by atoms with E-state index in [1.165, 1.54) is 0 Å². The fourth-order valence-corrected chi connectivity index (χ4v) is 4.56. The smallest absolute Gasteiger partial charge is 0.309 e. The molecule has 0 bridgehead atoms. The number of rotatable bonds is 5. The summed E-state index contributed by atoms with van der Waals surface area (Å²) in [5.74, 6) is -0.654. The van der Waals surface area contributed by atoms with Gasteiger partial charge in [0.1, 0.15) is 5.56 Å². The average Bonchev–Trinajstić information content (AvgIpc) is 3.41. The largest absolute Gasteiger partial charge is 0.365 e. The second kappa shape index (κ2) is 7.42. The lowest BCUT2D eigenvalue weighted by atomic mass is 10.1. The van der Waals surface area contributed by atoms with Crippen LogP contribution in [0.4, 0.5) is 0 Å². The lowest BCUT2D eigenvalue weighted by molar-refractivity contribution is -0.685. The van der Waals surface area contributed by atoms with Gasteiger partial charge in [-0.05, 0) is 29.0 Å². The van der Waals surface area contributed by atoms with E-state index in [2.05, 4.69) is 5.10 Å². The lowest BCUT2D eigenvalue weighted by Gasteiger charge is -2.19. The molecule has 1 aliphatic rings. The molecule has 136 valence electrons. The number of hydrogen-bond donors (Lipinski definition) is 1. The van der Waals surface area contributed by atoms with Crippen molar-refractivity contribution in [3.8, 4) is 0 Å². The molecule has 2 N–H and O–H groups in total. The number of thiophene rings is 2. The van der Waals surface area contributed by atoms with Crippen LogP contribution in [0.1, 0.15) is 32.6 Å². The van der Waals surface area contributed by atoms with Crippen molar-refractivity contribution < 1.29 is 14.2 Å². The molecule has 0 unspecified atom stereocenters. The van der Waals surface area contributed by atoms with E-state index >= 15 is 0 Å². The maximum atomic E-state index is 13.0. The van der Waals surface area contributed by atoms with Gasteiger partial charge in [-0.2, -0.15) is 9.67 Å². The van der Waals surface area contributed by atoms with Crippen LogP contribution in [0.2, 0.25) is 0 Å². The van der Waals surface area contributed by atoms with Crippen molar-refractivity contribution in [2.75, 3.05) is 0 Å². The second-order valence-electron chi connectivity index (χ2n) is 6.13. The maximum absolute atomic E-state index is 13.0. The summed E-state index contributed by atoms with van der Waals surface area (Å²) in [5.41, 5.74) is 6.62. The molecule has 0 aliphatic carbocycles. The number of hydrogen-bond acceptors (Lipinski definition) is 5. The highest BCUT2D eigenvalue weighted by atomic mass is 32.1. The molecule has 27 heavy (non-hydrogen) atoms. The van der Waals surface area contributed by atoms with Crippen molar-refractivity contribution in [1.29, 1.82) is 0 Å². The first-order valence-electron chi connectivity index (χ1n) is 8.37. The zero-order valence-corrected chi connectivity index (χ0v) is 16.0. The van der Waals surface area contributed by atoms with Gasteiger partial charge in [0.2, 0.25) is 6.54 Å². The van der Waals surface area contributed by atoms with Crippen LogP contribution in [0.15, 0.2) is 64.7 Å². The molecule has 1 atom stereocenters. The highest BCUT2D eigenvalue weighted by Crippen LogP contribution is 2.35. The van der Waals surface area contributed by atoms with Crippen LogP contribution in [0.25, 0.3) is 0 Å². The number of carbonyl (C=O) groups is 2. The van der Waals surface area contributed by atoms with Crippen molar-refractivity contribution in [2.24, 2.45) is 10.8 Å². The van der Waals surface area contributed by atoms with E-state index in [1.54, 1.807) is 56.8 Å². The zero-order chi connectivity index (χ0) is 18.8. The first-order chi connectivity index (χ1) is 13.1. The molecule has 3 aromatic heterocycles. The Morgan fingerprint density at radius 1 is 1.19 bits per heavy atom. The normalized spacial score (nSPS) is 16.4. The number of primary amides is 1. The Labute approximate surface area is 164 Å². The Balaban J connectivity index is 1.61. The Kier molecular flexibility index (Phi) is 4.83. The number of nitrogens with zero attached hydrogens (tertiary/aromatic N) is 3. The minimum absolute atomic E-state index is 0.0875. The molecule has 0 spiro atoms. The van der Waals surface area contributed by atoms with Gasteiger partial charge in [0, 0.05) is 17.4 Å². The number of amides is 2. The third-order valence-electron chi connectivity index (χ3n) is 4.30. The van der Waals surface area contributed by atoms with Gasteiger partial charge in [-0.15, -0.1) is 22.7 Å². The Hall–Kier alpha value is -2.84. The minimum Gasteiger partial charge on any atom is -0.365 e. The van der Waals surface area contributed by atoms with E-state index in [0.717, 1.165) is 15.5 Å². The van der Waals surface area contributed by atoms with Gasteiger partial charge in [-0.25, -0.2) is 5.01 Å². The first-order valence-corrected chi connectivity index (χ1v) is 10.1. The Morgan fingerprint density at radius 2 is 2.00 bits per heavy atom. The summed E-state index contributed by atoms with van der Waals surface area (Å²) in [6.07, 6.45) is 4.02. The van der Waals surface area contributed by atoms with Crippen LogP contribution in [0.5, 0.6) is 0 Å². The molecule has 0 saturated heterocycles. The zero-order valence-electron chi connectivity index (χ0n) is 14.3. The van der Waals surface area contributed by atoms with Gasteiger partial charge in [0.05, 0.1) is 16.6 Å². The monoisotopic (exact) mass is 397 g/mol. The van der Waals surface area contributed by atoms with Crippen molar-refractivity contribution in [2.45, 2.75) is 19.0 Å². The van der Waals surface area contributed by atoms with E-state index in [-0.39, 0.29) is 18.5 Å². The number of aromatic nitrogens is 1. The van der Waals surface area contributed by atoms with Gasteiger partial charge < -0.3 is 5.73 Å². The maximum Gasteiger partial charge on any atom is 0.309 e. The van der Waals surface area contributed by atoms with Crippen LogP contribution < -0.4 is 10.3 Å². The second-order valence-corrected chi connectivity index (χ2v) is 8.05. The predicted octanol–water partition coefficient (Wildman–Crippen LogP) is 2.57. The van der Waals surface area contributed by atoms with Gasteiger partial charge in [0.25, 0.3) is 5.91 Å². The van der Waals surface area contributed by atoms with Crippen LogP contribution in [0.3, 0.4) is 0 Å². The molecule has 0 aromatic carbocycles. The summed E-state index contributed by atoms with van der Waals surface area (Å²) in [6, 6.07) is 11.2. The Bertz CT molecular complexity index is 997. The summed E-state index contributed by atoms with van der Waals surface area (Å²) in [5, 5.41) is 10.2. The number of carbonyl (C=O) groups excluding carboxylic acids is 2. The van der Waals surface area contributed by atoms with E-state index in [4.69, 9.17) is 5.73 Å². The molecule has 6 nitrogen and oxygen atoms in total. The summed E-state index contributed by atoms with van der Waals surface area (Å²) in [7, 11) is 0. The van der Waals surface area contributed by atoms with E-state index in [9.17, 15) is 9.59 Å². The first kappa shape index (κ1) is 17.6. The van der Waals surface area contributed by atoms with Crippen molar-refractivity contribution in [3.63, 3.8) is 0 Å². The number of nitrogens with two attached hydrogens (primary N) is 1. The average molecular weight is 398 g/mol. The van der Waals surface area contributed by atoms with Crippen molar-refractivity contribution in [1.82, 2.24) is 5.01 Å². The molecule has 1 aliphatic heterocycles. The summed E-state index contributed by atoms with van der Waals surface area (Å²) >= 11 is 3.24. The molecule has 0 saturated carbocycles. The molecule has 0 fully saturated rings. The molecule has 3 aromatic rings. The van der Waals surface area contributed by atoms with Crippen LogP contribution in [-0.2, 0) is 11.3 Å². The molecule has 4 rings (SSSR count). The molecule has 2 amide bonds. The van der Waals surface area contributed by atoms with E-state index in [0.29, 0.717) is 12.0 Å². The van der Waals surface area contributed by atoms with Gasteiger partial charge in [-0.1, -0.05) is 12.1 Å². The van der Waals surface area contributed by atoms with E-state index in [1.807, 2.05) is 35.0 Å². The molecule has 4 heterocycles. The third-order valence-corrected chi connectivity index (χ3v) is 6.20. The lowest BCUT2D eigenvalue weighted by Crippen LogP contribution is -2.43. The number of pyridine rings is 1. The van der Waals surface area contributed by atoms with E-state index < -0.39 is 5.91 Å². The van der Waals surface area contributed by atoms with Crippen molar-refractivity contribution >= 4 is 40.2 Å². The molecule has 0 radical (unpaired) electrons. The fourth-order valence-electron chi connectivity index (χ4n) is 3.03. The van der Waals surface area contributed by atoms with Gasteiger partial charge in [0.15, 0.2) is 12.4 Å². The summed E-state index contributed by atoms with van der Waals surface area (Å²) in [6.45, 7) is 0.0875. The Morgan fingerprint density at radius 3 is 2.70 bits per heavy atom. The van der Waals surface area contributed by atoms with Crippen molar-refractivity contribution in [3.05, 3.63) is 74.9 Å². The summed E-state index contributed by atoms with van der Waals surface area (Å²) < 4.78 is 1.66. The van der Waals surface area contributed by atoms with Gasteiger partial charge >= 0.3 is 5.91 Å². The quantitative estimate of drug-likeness (QED) is 0.672. The predicted molar refractivity (Wildman–Crippen MR) is 105 cm³/mol. The number of hydrazone groups is 1. The van der Waals surface area contributed by atoms with Crippen LogP contribution in [-0.4, -0.2) is 22.5 Å². The molecular weight excluding hydrogens is 380 g/mol. The standard InChI is InChI=1S/C19H16N4O2S2/c20-19(25)13-4-1-7-22(11-13)12-18(24)23-15(17-6-3-9-27-17)10-14(21-23)16-5-2-8-26-16/h1-9,11,15H,10,12H2,(H-,20,25)/p+1/t15-/m0/s1. The van der Waals surface area contributed by atoms with Crippen LogP contribution in [0, 0.1) is 0 Å². The summed E-state index contributed by atoms with van der Waals surface area (Å²) in [4.78, 5) is 26.6. The van der Waals surface area contributed by atoms with Gasteiger partial charge in [-0.3, -0.25) is 9.59 Å². The molecule has 8 heteroatoms. The topological polar surface area (TPSA) is 79.6 Å². The SMILES string of the molecule is NC(=O)c1ccc[n+](CC(=O)N2N=C(c3cccs3)C[C@H]2c2cccs2)c1. The third kappa shape index (κ3) is 3.67. The minimum atomic E-state index is -0.521. The highest BCUT2D eigenvalue weighted by molar-refractivity contribution is 7.12. The molecular formula is C19H17N4O2S2+.